The molecule has 0 radical (unpaired) electrons. The summed E-state index contributed by atoms with van der Waals surface area (Å²) in [6.45, 7) is 15.2. The Bertz CT molecular complexity index is 1190. The number of amides is 3. The largest absolute Gasteiger partial charge is 0.396 e. The number of aryl methyl sites for hydroxylation is 1. The second-order valence-corrected chi connectivity index (χ2v) is 12.3. The van der Waals surface area contributed by atoms with E-state index in [1.807, 2.05) is 32.9 Å². The molecule has 1 N–H and O–H groups in total. The van der Waals surface area contributed by atoms with Crippen LogP contribution in [0.1, 0.15) is 64.4 Å². The van der Waals surface area contributed by atoms with Gasteiger partial charge in [-0.1, -0.05) is 49.7 Å². The second kappa shape index (κ2) is 13.3. The van der Waals surface area contributed by atoms with Crippen molar-refractivity contribution in [3.8, 4) is 0 Å². The maximum atomic E-state index is 14.8. The van der Waals surface area contributed by atoms with E-state index in [0.29, 0.717) is 68.9 Å². The highest BCUT2D eigenvalue weighted by molar-refractivity contribution is 6.34. The van der Waals surface area contributed by atoms with Gasteiger partial charge in [0.05, 0.1) is 28.1 Å². The number of aliphatic hydroxyl groups is 1. The molecule has 2 bridgehead atoms. The summed E-state index contributed by atoms with van der Waals surface area (Å²) in [6.07, 6.45) is 7.79. The topological polar surface area (TPSA) is 90.4 Å². The van der Waals surface area contributed by atoms with Gasteiger partial charge in [0, 0.05) is 32.8 Å². The van der Waals surface area contributed by atoms with Crippen LogP contribution in [-0.4, -0.2) is 82.7 Å². The predicted octanol–water partition coefficient (Wildman–Crippen LogP) is 4.91. The molecule has 0 saturated carbocycles. The van der Waals surface area contributed by atoms with Gasteiger partial charge in [0.15, 0.2) is 0 Å². The van der Waals surface area contributed by atoms with Crippen LogP contribution in [0.2, 0.25) is 5.02 Å². The van der Waals surface area contributed by atoms with Crippen molar-refractivity contribution in [2.24, 2.45) is 11.8 Å². The maximum absolute atomic E-state index is 14.8. The van der Waals surface area contributed by atoms with E-state index >= 15 is 0 Å². The fraction of sp³-hybridized carbons (Fsp3) is 0.606. The van der Waals surface area contributed by atoms with Gasteiger partial charge in [0.2, 0.25) is 11.8 Å². The Balaban J connectivity index is 1.83. The summed E-state index contributed by atoms with van der Waals surface area (Å²) >= 11 is 6.66. The van der Waals surface area contributed by atoms with Gasteiger partial charge in [-0.2, -0.15) is 0 Å². The molecule has 3 heterocycles. The average Bonchev–Trinajstić information content (AvgIpc) is 3.57. The molecule has 0 aromatic heterocycles. The van der Waals surface area contributed by atoms with Crippen molar-refractivity contribution in [3.63, 3.8) is 0 Å². The van der Waals surface area contributed by atoms with Crippen LogP contribution in [0.4, 0.5) is 5.69 Å². The van der Waals surface area contributed by atoms with Crippen molar-refractivity contribution in [2.45, 2.75) is 83.0 Å². The average molecular weight is 600 g/mol. The predicted molar refractivity (Wildman–Crippen MR) is 165 cm³/mol. The van der Waals surface area contributed by atoms with E-state index in [2.05, 4.69) is 13.2 Å². The van der Waals surface area contributed by atoms with Crippen molar-refractivity contribution >= 4 is 35.0 Å². The SMILES string of the molecule is C=CCN(CCC)C(=O)[C@@H]1[C@H]2C(=O)N(CCCCCO)C(C(=O)N(CC=C)c3c(C)cccc3Cl)C23CC[C@@]1(CC)O3. The van der Waals surface area contributed by atoms with Crippen LogP contribution in [0.5, 0.6) is 0 Å². The summed E-state index contributed by atoms with van der Waals surface area (Å²) in [7, 11) is 0. The smallest absolute Gasteiger partial charge is 0.253 e. The molecular weight excluding hydrogens is 554 g/mol. The number of halogens is 1. The molecule has 1 spiro atoms. The van der Waals surface area contributed by atoms with Gasteiger partial charge in [0.1, 0.15) is 11.6 Å². The molecule has 1 aromatic rings. The molecule has 3 fully saturated rings. The fourth-order valence-corrected chi connectivity index (χ4v) is 7.95. The van der Waals surface area contributed by atoms with Crippen LogP contribution >= 0.6 is 11.6 Å². The van der Waals surface area contributed by atoms with Crippen LogP contribution < -0.4 is 4.90 Å². The highest BCUT2D eigenvalue weighted by atomic mass is 35.5. The zero-order chi connectivity index (χ0) is 30.7. The number of likely N-dealkylation sites (tertiary alicyclic amines) is 1. The van der Waals surface area contributed by atoms with Crippen molar-refractivity contribution in [3.05, 3.63) is 54.1 Å². The zero-order valence-electron chi connectivity index (χ0n) is 25.3. The number of nitrogens with zero attached hydrogens (tertiary/aromatic N) is 3. The lowest BCUT2D eigenvalue weighted by Crippen LogP contribution is -2.56. The summed E-state index contributed by atoms with van der Waals surface area (Å²) < 4.78 is 6.97. The van der Waals surface area contributed by atoms with Crippen molar-refractivity contribution in [1.82, 2.24) is 9.80 Å². The molecular formula is C33H46ClN3O5. The Morgan fingerprint density at radius 2 is 1.88 bits per heavy atom. The number of rotatable bonds is 15. The zero-order valence-corrected chi connectivity index (χ0v) is 26.1. The Kier molecular flexibility index (Phi) is 10.2. The first kappa shape index (κ1) is 32.2. The van der Waals surface area contributed by atoms with Crippen LogP contribution in [0.15, 0.2) is 43.5 Å². The van der Waals surface area contributed by atoms with E-state index in [1.165, 1.54) is 0 Å². The Morgan fingerprint density at radius 1 is 1.14 bits per heavy atom. The number of fused-ring (bicyclic) bond motifs is 1. The molecule has 42 heavy (non-hydrogen) atoms. The molecule has 3 saturated heterocycles. The van der Waals surface area contributed by atoms with Crippen LogP contribution in [0.25, 0.3) is 0 Å². The Labute approximate surface area is 255 Å². The first-order valence-corrected chi connectivity index (χ1v) is 15.7. The molecule has 8 nitrogen and oxygen atoms in total. The van der Waals surface area contributed by atoms with Gasteiger partial charge in [0.25, 0.3) is 5.91 Å². The summed E-state index contributed by atoms with van der Waals surface area (Å²) in [4.78, 5) is 48.6. The summed E-state index contributed by atoms with van der Waals surface area (Å²) in [6, 6.07) is 4.58. The van der Waals surface area contributed by atoms with E-state index < -0.39 is 29.1 Å². The first-order valence-electron chi connectivity index (χ1n) is 15.4. The molecule has 230 valence electrons. The van der Waals surface area contributed by atoms with Crippen LogP contribution in [-0.2, 0) is 19.1 Å². The summed E-state index contributed by atoms with van der Waals surface area (Å²) in [5.74, 6) is -2.01. The lowest BCUT2D eigenvalue weighted by molar-refractivity contribution is -0.151. The number of ether oxygens (including phenoxy) is 1. The number of hydrogen-bond donors (Lipinski definition) is 1. The van der Waals surface area contributed by atoms with E-state index in [-0.39, 0.29) is 30.9 Å². The normalized spacial score (nSPS) is 27.7. The molecule has 4 rings (SSSR count). The van der Waals surface area contributed by atoms with Gasteiger partial charge in [-0.3, -0.25) is 14.4 Å². The van der Waals surface area contributed by atoms with E-state index in [4.69, 9.17) is 16.3 Å². The number of carbonyl (C=O) groups excluding carboxylic acids is 3. The molecule has 3 amide bonds. The van der Waals surface area contributed by atoms with Crippen molar-refractivity contribution < 1.29 is 24.2 Å². The quantitative estimate of drug-likeness (QED) is 0.229. The third kappa shape index (κ3) is 5.31. The summed E-state index contributed by atoms with van der Waals surface area (Å²) in [5.41, 5.74) is -0.514. The number of aliphatic hydroxyl groups excluding tert-OH is 1. The summed E-state index contributed by atoms with van der Waals surface area (Å²) in [5, 5.41) is 9.77. The second-order valence-electron chi connectivity index (χ2n) is 11.9. The van der Waals surface area contributed by atoms with E-state index in [0.717, 1.165) is 12.0 Å². The molecule has 3 aliphatic rings. The van der Waals surface area contributed by atoms with Gasteiger partial charge in [-0.25, -0.2) is 0 Å². The Hall–Kier alpha value is -2.68. The number of benzene rings is 1. The fourth-order valence-electron chi connectivity index (χ4n) is 7.63. The molecule has 0 aliphatic carbocycles. The van der Waals surface area contributed by atoms with E-state index in [9.17, 15) is 19.5 Å². The number of hydrogen-bond acceptors (Lipinski definition) is 5. The molecule has 3 aliphatic heterocycles. The van der Waals surface area contributed by atoms with Gasteiger partial charge < -0.3 is 24.5 Å². The standard InChI is InChI=1S/C33H46ClN3O5/c1-6-18-35(19-7-2)29(39)25-26-30(40)37(21-11-10-12-22-38)28(33(26)17-16-32(25,9-4)42-33)31(41)36(20-8-3)27-23(5)14-13-15-24(27)34/h6,8,13-15,25-26,28,38H,1,3,7,9-12,16-22H2,2,4-5H3/t25-,26-,28?,32+,33?/m0/s1. The number of anilines is 1. The van der Waals surface area contributed by atoms with Crippen molar-refractivity contribution in [2.75, 3.05) is 37.7 Å². The first-order chi connectivity index (χ1) is 20.2. The van der Waals surface area contributed by atoms with Crippen LogP contribution in [0.3, 0.4) is 0 Å². The van der Waals surface area contributed by atoms with Crippen molar-refractivity contribution in [1.29, 1.82) is 0 Å². The third-order valence-corrected chi connectivity index (χ3v) is 9.73. The highest BCUT2D eigenvalue weighted by Crippen LogP contribution is 2.64. The molecule has 5 atom stereocenters. The van der Waals surface area contributed by atoms with Gasteiger partial charge >= 0.3 is 0 Å². The number of unbranched alkanes of at least 4 members (excludes halogenated alkanes) is 2. The highest BCUT2D eigenvalue weighted by Gasteiger charge is 2.79. The monoisotopic (exact) mass is 599 g/mol. The number of para-hydroxylation sites is 1. The maximum Gasteiger partial charge on any atom is 0.253 e. The minimum Gasteiger partial charge on any atom is -0.396 e. The molecule has 2 unspecified atom stereocenters. The minimum atomic E-state index is -1.12. The minimum absolute atomic E-state index is 0.0665. The lowest BCUT2D eigenvalue weighted by Gasteiger charge is -2.37. The lowest BCUT2D eigenvalue weighted by atomic mass is 9.64. The van der Waals surface area contributed by atoms with Crippen LogP contribution in [0, 0.1) is 18.8 Å². The van der Waals surface area contributed by atoms with E-state index in [1.54, 1.807) is 32.9 Å². The van der Waals surface area contributed by atoms with Gasteiger partial charge in [-0.05, 0) is 63.5 Å². The Morgan fingerprint density at radius 3 is 2.50 bits per heavy atom. The third-order valence-electron chi connectivity index (χ3n) is 9.43. The molecule has 1 aromatic carbocycles. The molecule has 9 heteroatoms. The van der Waals surface area contributed by atoms with Gasteiger partial charge in [-0.15, -0.1) is 13.2 Å². The number of carbonyl (C=O) groups is 3.